The lowest BCUT2D eigenvalue weighted by Gasteiger charge is -2.38. The predicted molar refractivity (Wildman–Crippen MR) is 40.7 cm³/mol. The first-order valence-corrected chi connectivity index (χ1v) is 5.87. The van der Waals surface area contributed by atoms with Crippen molar-refractivity contribution in [2.75, 3.05) is 12.5 Å². The largest absolute Gasteiger partial charge is 0.285 e. The van der Waals surface area contributed by atoms with E-state index >= 15 is 0 Å². The van der Waals surface area contributed by atoms with Crippen molar-refractivity contribution in [3.05, 3.63) is 0 Å². The smallest absolute Gasteiger partial charge is 0.0432 e. The molecule has 0 atom stereocenters. The highest BCUT2D eigenvalue weighted by molar-refractivity contribution is 8.36. The van der Waals surface area contributed by atoms with Crippen LogP contribution in [0.5, 0.6) is 0 Å². The van der Waals surface area contributed by atoms with Crippen LogP contribution in [0.3, 0.4) is 0 Å². The molecule has 0 bridgehead atoms. The fourth-order valence-electron chi connectivity index (χ4n) is 0.299. The number of rotatable bonds is 2. The lowest BCUT2D eigenvalue weighted by molar-refractivity contribution is 0.465. The van der Waals surface area contributed by atoms with Crippen molar-refractivity contribution >= 4 is 21.6 Å². The summed E-state index contributed by atoms with van der Waals surface area (Å²) in [7, 11) is -5.99. The van der Waals surface area contributed by atoms with Gasteiger partial charge in [-0.15, -0.1) is 25.7 Å². The van der Waals surface area contributed by atoms with E-state index in [0.29, 0.717) is 0 Å². The molecule has 0 amide bonds. The molecule has 0 radical (unpaired) electrons. The van der Waals surface area contributed by atoms with E-state index < -0.39 is 21.6 Å². The molecule has 0 aromatic carbocycles. The van der Waals surface area contributed by atoms with Crippen LogP contribution in [0.4, 0.5) is 0 Å². The van der Waals surface area contributed by atoms with Gasteiger partial charge in [-0.05, 0) is 0 Å². The van der Waals surface area contributed by atoms with Gasteiger partial charge in [0.2, 0.25) is 0 Å². The maximum atomic E-state index is 8.58. The Hall–Kier alpha value is 0.500. The summed E-state index contributed by atoms with van der Waals surface area (Å²) in [5.41, 5.74) is 0. The molecule has 0 heterocycles. The normalized spacial score (nSPS) is 17.6. The molecule has 0 saturated heterocycles. The monoisotopic (exact) mass is 177 g/mol. The van der Waals surface area contributed by atoms with Crippen LogP contribution in [0.1, 0.15) is 0 Å². The molecule has 0 aliphatic heterocycles. The summed E-state index contributed by atoms with van der Waals surface area (Å²) in [5, 5.41) is 0. The highest BCUT2D eigenvalue weighted by Crippen LogP contribution is 2.42. The molecule has 60 valence electrons. The first kappa shape index (κ1) is 9.50. The Balaban J connectivity index is 3.75. The van der Waals surface area contributed by atoms with Crippen molar-refractivity contribution in [1.82, 2.24) is 4.13 Å². The fourth-order valence-corrected chi connectivity index (χ4v) is 2.69. The minimum Gasteiger partial charge on any atom is -0.285 e. The van der Waals surface area contributed by atoms with Crippen LogP contribution in [0, 0.1) is 0 Å². The molecular formula is C2H11NO4S2. The maximum absolute atomic E-state index is 8.58. The summed E-state index contributed by atoms with van der Waals surface area (Å²) in [6.45, 7) is 0. The van der Waals surface area contributed by atoms with Crippen molar-refractivity contribution in [2.24, 2.45) is 0 Å². The van der Waals surface area contributed by atoms with Crippen molar-refractivity contribution < 1.29 is 18.2 Å². The van der Waals surface area contributed by atoms with Crippen LogP contribution in [-0.2, 0) is 0 Å². The fraction of sp³-hybridized carbons (Fsp3) is 1.00. The summed E-state index contributed by atoms with van der Waals surface area (Å²) < 4.78 is 36.2. The molecule has 0 aromatic rings. The summed E-state index contributed by atoms with van der Waals surface area (Å²) in [6.07, 6.45) is 2.15. The van der Waals surface area contributed by atoms with Crippen LogP contribution in [0.25, 0.3) is 0 Å². The minimum atomic E-state index is -2.99. The van der Waals surface area contributed by atoms with Gasteiger partial charge in [0.05, 0.1) is 0 Å². The van der Waals surface area contributed by atoms with Gasteiger partial charge < -0.3 is 0 Å². The number of nitrogens with one attached hydrogen (secondary N) is 1. The molecule has 5 N–H and O–H groups in total. The van der Waals surface area contributed by atoms with E-state index in [1.807, 2.05) is 4.13 Å². The van der Waals surface area contributed by atoms with Crippen LogP contribution >= 0.6 is 21.6 Å². The second-order valence-corrected chi connectivity index (χ2v) is 5.75. The zero-order valence-electron chi connectivity index (χ0n) is 5.11. The highest BCUT2D eigenvalue weighted by atomic mass is 32.3. The molecule has 0 aromatic heterocycles. The molecule has 0 spiro atoms. The Bertz CT molecular complexity index is 81.7. The van der Waals surface area contributed by atoms with Gasteiger partial charge in [0.15, 0.2) is 0 Å². The first-order valence-electron chi connectivity index (χ1n) is 1.96. The van der Waals surface area contributed by atoms with Gasteiger partial charge in [0.25, 0.3) is 0 Å². The molecule has 0 saturated carbocycles. The van der Waals surface area contributed by atoms with E-state index in [4.69, 9.17) is 18.2 Å². The zero-order chi connectivity index (χ0) is 7.71. The average Bonchev–Trinajstić information content (AvgIpc) is 1.14. The number of hydrogen-bond donors (Lipinski definition) is 5. The lowest BCUT2D eigenvalue weighted by atomic mass is 12.0. The highest BCUT2D eigenvalue weighted by Gasteiger charge is 2.10. The third-order valence-electron chi connectivity index (χ3n) is 0.316. The van der Waals surface area contributed by atoms with E-state index in [0.717, 1.165) is 12.5 Å². The first-order chi connectivity index (χ1) is 3.71. The quantitative estimate of drug-likeness (QED) is 0.436. The van der Waals surface area contributed by atoms with Crippen molar-refractivity contribution in [3.8, 4) is 0 Å². The molecule has 0 rings (SSSR count). The minimum absolute atomic E-state index is 1.07. The average molecular weight is 177 g/mol. The molecule has 0 aliphatic rings. The van der Waals surface area contributed by atoms with Gasteiger partial charge in [-0.2, -0.15) is 0 Å². The Morgan fingerprint density at radius 2 is 1.11 bits per heavy atom. The van der Waals surface area contributed by atoms with E-state index in [9.17, 15) is 0 Å². The standard InChI is InChI=1S/C2H11NO4S2/c1-8(4,5)3-9(2,6)7/h3-7H,1-2H3. The van der Waals surface area contributed by atoms with Gasteiger partial charge in [-0.1, -0.05) is 0 Å². The third kappa shape index (κ3) is 8.50. The number of hydrogen-bond acceptors (Lipinski definition) is 5. The molecule has 7 heteroatoms. The van der Waals surface area contributed by atoms with Gasteiger partial charge in [0, 0.05) is 12.5 Å². The third-order valence-corrected chi connectivity index (χ3v) is 2.84. The zero-order valence-corrected chi connectivity index (χ0v) is 6.74. The second-order valence-electron chi connectivity index (χ2n) is 1.75. The summed E-state index contributed by atoms with van der Waals surface area (Å²) in [6, 6.07) is 0. The van der Waals surface area contributed by atoms with E-state index in [1.54, 1.807) is 0 Å². The van der Waals surface area contributed by atoms with Crippen molar-refractivity contribution in [1.29, 1.82) is 0 Å². The van der Waals surface area contributed by atoms with Crippen LogP contribution in [0.2, 0.25) is 0 Å². The van der Waals surface area contributed by atoms with Gasteiger partial charge in [-0.25, -0.2) is 0 Å². The molecule has 0 aliphatic carbocycles. The molecule has 9 heavy (non-hydrogen) atoms. The topological polar surface area (TPSA) is 93.0 Å². The van der Waals surface area contributed by atoms with E-state index in [1.165, 1.54) is 0 Å². The molecular weight excluding hydrogens is 166 g/mol. The lowest BCUT2D eigenvalue weighted by Crippen LogP contribution is -2.21. The van der Waals surface area contributed by atoms with Crippen molar-refractivity contribution in [2.45, 2.75) is 0 Å². The summed E-state index contributed by atoms with van der Waals surface area (Å²) in [4.78, 5) is 0. The maximum Gasteiger partial charge on any atom is 0.0432 e. The van der Waals surface area contributed by atoms with Gasteiger partial charge >= 0.3 is 0 Å². The van der Waals surface area contributed by atoms with Gasteiger partial charge in [-0.3, -0.25) is 18.2 Å². The predicted octanol–water partition coefficient (Wildman–Crippen LogP) is 1.17. The summed E-state index contributed by atoms with van der Waals surface area (Å²) >= 11 is 0. The van der Waals surface area contributed by atoms with E-state index in [-0.39, 0.29) is 0 Å². The summed E-state index contributed by atoms with van der Waals surface area (Å²) in [5.74, 6) is 0. The van der Waals surface area contributed by atoms with Crippen LogP contribution < -0.4 is 4.13 Å². The van der Waals surface area contributed by atoms with Gasteiger partial charge in [0.1, 0.15) is 0 Å². The Morgan fingerprint density at radius 1 is 0.889 bits per heavy atom. The Labute approximate surface area is 57.1 Å². The van der Waals surface area contributed by atoms with Crippen LogP contribution in [-0.4, -0.2) is 30.7 Å². The van der Waals surface area contributed by atoms with Crippen LogP contribution in [0.15, 0.2) is 0 Å². The Kier molecular flexibility index (Phi) is 2.77. The molecule has 0 fully saturated rings. The second kappa shape index (κ2) is 2.62. The molecule has 0 unspecified atom stereocenters. The SMILES string of the molecule is CS(O)(O)NS(C)(O)O. The van der Waals surface area contributed by atoms with E-state index in [2.05, 4.69) is 0 Å². The molecule has 5 nitrogen and oxygen atoms in total. The van der Waals surface area contributed by atoms with Crippen molar-refractivity contribution in [3.63, 3.8) is 0 Å². The Morgan fingerprint density at radius 3 is 1.11 bits per heavy atom.